The van der Waals surface area contributed by atoms with Crippen LogP contribution in [0.2, 0.25) is 0 Å². The Bertz CT molecular complexity index is 403. The average molecular weight is 226 g/mol. The molecule has 1 aromatic rings. The van der Waals surface area contributed by atoms with Gasteiger partial charge in [0.1, 0.15) is 11.0 Å². The molecule has 1 saturated heterocycles. The third-order valence-corrected chi connectivity index (χ3v) is 2.82. The first-order chi connectivity index (χ1) is 7.15. The van der Waals surface area contributed by atoms with Crippen molar-refractivity contribution in [2.24, 2.45) is 0 Å². The van der Waals surface area contributed by atoms with Crippen LogP contribution < -0.4 is 10.6 Å². The predicted molar refractivity (Wildman–Crippen MR) is 54.4 cm³/mol. The lowest BCUT2D eigenvalue weighted by Gasteiger charge is -2.07. The SMILES string of the molecule is Cc1nnc(NC(=O)C2CCC(=O)N2)s1. The van der Waals surface area contributed by atoms with E-state index in [1.54, 1.807) is 0 Å². The van der Waals surface area contributed by atoms with Crippen molar-refractivity contribution in [3.05, 3.63) is 5.01 Å². The zero-order valence-corrected chi connectivity index (χ0v) is 8.93. The molecule has 0 radical (unpaired) electrons. The number of hydrogen-bond donors (Lipinski definition) is 2. The quantitative estimate of drug-likeness (QED) is 0.747. The number of carbonyl (C=O) groups excluding carboxylic acids is 2. The molecular weight excluding hydrogens is 216 g/mol. The molecule has 2 heterocycles. The number of aromatic nitrogens is 2. The number of aryl methyl sites for hydroxylation is 1. The fourth-order valence-electron chi connectivity index (χ4n) is 1.35. The minimum absolute atomic E-state index is 0.0800. The normalized spacial score (nSPS) is 20.1. The molecule has 2 rings (SSSR count). The second-order valence-electron chi connectivity index (χ2n) is 3.27. The van der Waals surface area contributed by atoms with Gasteiger partial charge in [-0.25, -0.2) is 0 Å². The minimum atomic E-state index is -0.429. The van der Waals surface area contributed by atoms with Gasteiger partial charge in [-0.05, 0) is 13.3 Å². The molecule has 0 spiro atoms. The molecule has 1 aromatic heterocycles. The molecule has 7 heteroatoms. The van der Waals surface area contributed by atoms with E-state index in [9.17, 15) is 9.59 Å². The van der Waals surface area contributed by atoms with E-state index in [-0.39, 0.29) is 11.8 Å². The maximum Gasteiger partial charge on any atom is 0.248 e. The number of nitrogens with one attached hydrogen (secondary N) is 2. The smallest absolute Gasteiger partial charge is 0.248 e. The van der Waals surface area contributed by atoms with Gasteiger partial charge in [0.2, 0.25) is 16.9 Å². The van der Waals surface area contributed by atoms with Gasteiger partial charge in [-0.1, -0.05) is 11.3 Å². The highest BCUT2D eigenvalue weighted by Crippen LogP contribution is 2.15. The van der Waals surface area contributed by atoms with Crippen LogP contribution in [0.1, 0.15) is 17.8 Å². The predicted octanol–water partition coefficient (Wildman–Crippen LogP) is 0.0636. The summed E-state index contributed by atoms with van der Waals surface area (Å²) in [6.07, 6.45) is 0.954. The Morgan fingerprint density at radius 3 is 2.93 bits per heavy atom. The zero-order chi connectivity index (χ0) is 10.8. The molecule has 0 aliphatic carbocycles. The first-order valence-electron chi connectivity index (χ1n) is 4.55. The van der Waals surface area contributed by atoms with Gasteiger partial charge in [-0.3, -0.25) is 14.9 Å². The van der Waals surface area contributed by atoms with Gasteiger partial charge >= 0.3 is 0 Å². The van der Waals surface area contributed by atoms with E-state index in [0.29, 0.717) is 18.0 Å². The molecule has 1 fully saturated rings. The number of rotatable bonds is 2. The van der Waals surface area contributed by atoms with Crippen LogP contribution in [0.3, 0.4) is 0 Å². The number of nitrogens with zero attached hydrogens (tertiary/aromatic N) is 2. The minimum Gasteiger partial charge on any atom is -0.344 e. The molecule has 0 aromatic carbocycles. The fraction of sp³-hybridized carbons (Fsp3) is 0.500. The second kappa shape index (κ2) is 3.93. The molecular formula is C8H10N4O2S. The monoisotopic (exact) mass is 226 g/mol. The number of amides is 2. The average Bonchev–Trinajstić information content (AvgIpc) is 2.75. The van der Waals surface area contributed by atoms with Crippen LogP contribution in [0.25, 0.3) is 0 Å². The maximum absolute atomic E-state index is 11.6. The maximum atomic E-state index is 11.6. The third-order valence-electron chi connectivity index (χ3n) is 2.07. The van der Waals surface area contributed by atoms with Crippen LogP contribution in [0.4, 0.5) is 5.13 Å². The molecule has 1 aliphatic heterocycles. The van der Waals surface area contributed by atoms with Crippen molar-refractivity contribution in [3.63, 3.8) is 0 Å². The molecule has 1 atom stereocenters. The summed E-state index contributed by atoms with van der Waals surface area (Å²) in [6.45, 7) is 1.81. The Morgan fingerprint density at radius 2 is 2.40 bits per heavy atom. The second-order valence-corrected chi connectivity index (χ2v) is 4.46. The van der Waals surface area contributed by atoms with Crippen molar-refractivity contribution >= 4 is 28.3 Å². The van der Waals surface area contributed by atoms with Crippen molar-refractivity contribution in [2.75, 3.05) is 5.32 Å². The van der Waals surface area contributed by atoms with Gasteiger partial charge in [0, 0.05) is 6.42 Å². The van der Waals surface area contributed by atoms with Gasteiger partial charge in [0.25, 0.3) is 0 Å². The Morgan fingerprint density at radius 1 is 1.60 bits per heavy atom. The number of carbonyl (C=O) groups is 2. The molecule has 6 nitrogen and oxygen atoms in total. The zero-order valence-electron chi connectivity index (χ0n) is 8.11. The molecule has 15 heavy (non-hydrogen) atoms. The molecule has 2 N–H and O–H groups in total. The van der Waals surface area contributed by atoms with Gasteiger partial charge in [-0.2, -0.15) is 0 Å². The van der Waals surface area contributed by atoms with Crippen molar-refractivity contribution in [1.82, 2.24) is 15.5 Å². The lowest BCUT2D eigenvalue weighted by Crippen LogP contribution is -2.37. The van der Waals surface area contributed by atoms with Crippen molar-refractivity contribution in [3.8, 4) is 0 Å². The highest BCUT2D eigenvalue weighted by atomic mass is 32.1. The van der Waals surface area contributed by atoms with E-state index in [4.69, 9.17) is 0 Å². The Labute approximate surface area is 90.1 Å². The van der Waals surface area contributed by atoms with Crippen LogP contribution in [-0.4, -0.2) is 28.1 Å². The summed E-state index contributed by atoms with van der Waals surface area (Å²) >= 11 is 1.31. The number of hydrogen-bond acceptors (Lipinski definition) is 5. The van der Waals surface area contributed by atoms with Crippen LogP contribution in [-0.2, 0) is 9.59 Å². The molecule has 80 valence electrons. The van der Waals surface area contributed by atoms with Gasteiger partial charge < -0.3 is 5.32 Å². The van der Waals surface area contributed by atoms with E-state index in [2.05, 4.69) is 20.8 Å². The van der Waals surface area contributed by atoms with Gasteiger partial charge in [0.15, 0.2) is 0 Å². The highest BCUT2D eigenvalue weighted by molar-refractivity contribution is 7.15. The van der Waals surface area contributed by atoms with Gasteiger partial charge in [-0.15, -0.1) is 10.2 Å². The molecule has 1 aliphatic rings. The Hall–Kier alpha value is -1.50. The van der Waals surface area contributed by atoms with E-state index < -0.39 is 6.04 Å². The topological polar surface area (TPSA) is 84.0 Å². The summed E-state index contributed by atoms with van der Waals surface area (Å²) in [5.74, 6) is -0.305. The Kier molecular flexibility index (Phi) is 2.63. The summed E-state index contributed by atoms with van der Waals surface area (Å²) in [4.78, 5) is 22.5. The lowest BCUT2D eigenvalue weighted by atomic mass is 10.2. The molecule has 1 unspecified atom stereocenters. The van der Waals surface area contributed by atoms with Crippen LogP contribution in [0.5, 0.6) is 0 Å². The van der Waals surface area contributed by atoms with E-state index in [1.807, 2.05) is 6.92 Å². The Balaban J connectivity index is 1.95. The van der Waals surface area contributed by atoms with Crippen LogP contribution in [0, 0.1) is 6.92 Å². The van der Waals surface area contributed by atoms with Gasteiger partial charge in [0.05, 0.1) is 0 Å². The summed E-state index contributed by atoms with van der Waals surface area (Å²) in [7, 11) is 0. The first-order valence-corrected chi connectivity index (χ1v) is 5.37. The van der Waals surface area contributed by atoms with E-state index in [1.165, 1.54) is 11.3 Å². The highest BCUT2D eigenvalue weighted by Gasteiger charge is 2.27. The first kappa shape index (κ1) is 10.0. The summed E-state index contributed by atoms with van der Waals surface area (Å²) in [5.41, 5.74) is 0. The van der Waals surface area contributed by atoms with Crippen LogP contribution in [0.15, 0.2) is 0 Å². The van der Waals surface area contributed by atoms with Crippen molar-refractivity contribution in [1.29, 1.82) is 0 Å². The molecule has 0 saturated carbocycles. The third kappa shape index (κ3) is 2.30. The summed E-state index contributed by atoms with van der Waals surface area (Å²) in [6, 6.07) is -0.429. The largest absolute Gasteiger partial charge is 0.344 e. The van der Waals surface area contributed by atoms with Crippen LogP contribution >= 0.6 is 11.3 Å². The lowest BCUT2D eigenvalue weighted by molar-refractivity contribution is -0.122. The number of anilines is 1. The van der Waals surface area contributed by atoms with Crippen molar-refractivity contribution < 1.29 is 9.59 Å². The summed E-state index contributed by atoms with van der Waals surface area (Å²) in [5, 5.41) is 14.0. The fourth-order valence-corrected chi connectivity index (χ4v) is 1.95. The van der Waals surface area contributed by atoms with E-state index in [0.717, 1.165) is 5.01 Å². The van der Waals surface area contributed by atoms with Crippen molar-refractivity contribution in [2.45, 2.75) is 25.8 Å². The standard InChI is InChI=1S/C8H10N4O2S/c1-4-11-12-8(15-4)10-7(14)5-2-3-6(13)9-5/h5H,2-3H2,1H3,(H,9,13)(H,10,12,14). The summed E-state index contributed by atoms with van der Waals surface area (Å²) < 4.78 is 0. The molecule has 0 bridgehead atoms. The van der Waals surface area contributed by atoms with E-state index >= 15 is 0 Å². The molecule has 2 amide bonds.